The van der Waals surface area contributed by atoms with Gasteiger partial charge in [-0.2, -0.15) is 0 Å². The summed E-state index contributed by atoms with van der Waals surface area (Å²) in [6, 6.07) is 7.44. The summed E-state index contributed by atoms with van der Waals surface area (Å²) < 4.78 is 0. The average Bonchev–Trinajstić information content (AvgIpc) is 3.02. The van der Waals surface area contributed by atoms with Crippen LogP contribution >= 0.6 is 11.3 Å². The summed E-state index contributed by atoms with van der Waals surface area (Å²) in [4.78, 5) is 28.2. The first kappa shape index (κ1) is 16.4. The SMILES string of the molecule is Cc1nc(-c2ccc(NC(=O)[C@H]3CC=CC[C@H]3C(=O)O)cc2)cs1. The molecule has 3 rings (SSSR count). The van der Waals surface area contributed by atoms with Crippen LogP contribution in [0.4, 0.5) is 5.69 Å². The molecule has 1 aromatic heterocycles. The Morgan fingerprint density at radius 1 is 1.17 bits per heavy atom. The van der Waals surface area contributed by atoms with Crippen LogP contribution in [0.1, 0.15) is 17.8 Å². The van der Waals surface area contributed by atoms with Gasteiger partial charge in [0.1, 0.15) is 0 Å². The van der Waals surface area contributed by atoms with Gasteiger partial charge in [-0.3, -0.25) is 9.59 Å². The van der Waals surface area contributed by atoms with E-state index in [1.54, 1.807) is 11.3 Å². The van der Waals surface area contributed by atoms with Gasteiger partial charge in [-0.25, -0.2) is 4.98 Å². The molecule has 0 bridgehead atoms. The number of carbonyl (C=O) groups excluding carboxylic acids is 1. The first-order valence-electron chi connectivity index (χ1n) is 7.76. The van der Waals surface area contributed by atoms with Crippen LogP contribution in [0.15, 0.2) is 41.8 Å². The van der Waals surface area contributed by atoms with Crippen molar-refractivity contribution in [2.75, 3.05) is 5.32 Å². The minimum atomic E-state index is -0.922. The second-order valence-corrected chi connectivity index (χ2v) is 6.87. The van der Waals surface area contributed by atoms with Gasteiger partial charge in [0.15, 0.2) is 0 Å². The molecular weight excluding hydrogens is 324 g/mol. The molecule has 0 spiro atoms. The molecule has 0 saturated carbocycles. The van der Waals surface area contributed by atoms with Crippen molar-refractivity contribution in [3.63, 3.8) is 0 Å². The van der Waals surface area contributed by atoms with Crippen molar-refractivity contribution < 1.29 is 14.7 Å². The molecule has 0 saturated heterocycles. The number of carboxylic acid groups (broad SMARTS) is 1. The molecule has 2 atom stereocenters. The predicted molar refractivity (Wildman–Crippen MR) is 93.9 cm³/mol. The summed E-state index contributed by atoms with van der Waals surface area (Å²) in [5.41, 5.74) is 2.56. The highest BCUT2D eigenvalue weighted by Crippen LogP contribution is 2.28. The Morgan fingerprint density at radius 3 is 2.42 bits per heavy atom. The summed E-state index contributed by atoms with van der Waals surface area (Å²) in [6.07, 6.45) is 4.55. The third-order valence-electron chi connectivity index (χ3n) is 4.15. The molecule has 2 N–H and O–H groups in total. The largest absolute Gasteiger partial charge is 0.481 e. The Bertz CT molecular complexity index is 780. The molecule has 1 heterocycles. The zero-order valence-corrected chi connectivity index (χ0v) is 14.0. The average molecular weight is 342 g/mol. The van der Waals surface area contributed by atoms with E-state index in [2.05, 4.69) is 10.3 Å². The van der Waals surface area contributed by atoms with Gasteiger partial charge < -0.3 is 10.4 Å². The Hall–Kier alpha value is -2.47. The summed E-state index contributed by atoms with van der Waals surface area (Å²) in [7, 11) is 0. The van der Waals surface area contributed by atoms with Crippen LogP contribution in [0.25, 0.3) is 11.3 Å². The number of rotatable bonds is 4. The normalized spacial score (nSPS) is 19.9. The van der Waals surface area contributed by atoms with Crippen LogP contribution < -0.4 is 5.32 Å². The van der Waals surface area contributed by atoms with E-state index in [0.29, 0.717) is 18.5 Å². The molecule has 0 fully saturated rings. The molecule has 24 heavy (non-hydrogen) atoms. The van der Waals surface area contributed by atoms with Gasteiger partial charge in [-0.1, -0.05) is 24.3 Å². The van der Waals surface area contributed by atoms with Gasteiger partial charge in [0.05, 0.1) is 22.5 Å². The first-order chi connectivity index (χ1) is 11.5. The van der Waals surface area contributed by atoms with E-state index < -0.39 is 17.8 Å². The van der Waals surface area contributed by atoms with Crippen molar-refractivity contribution in [2.45, 2.75) is 19.8 Å². The highest BCUT2D eigenvalue weighted by molar-refractivity contribution is 7.09. The third-order valence-corrected chi connectivity index (χ3v) is 4.93. The number of benzene rings is 1. The number of aliphatic carboxylic acids is 1. The van der Waals surface area contributed by atoms with Gasteiger partial charge in [-0.15, -0.1) is 11.3 Å². The molecule has 0 unspecified atom stereocenters. The van der Waals surface area contributed by atoms with E-state index in [0.717, 1.165) is 16.3 Å². The first-order valence-corrected chi connectivity index (χ1v) is 8.64. The number of aryl methyl sites for hydroxylation is 1. The summed E-state index contributed by atoms with van der Waals surface area (Å²) in [6.45, 7) is 1.96. The molecule has 6 heteroatoms. The van der Waals surface area contributed by atoms with Crippen LogP contribution in [0.5, 0.6) is 0 Å². The maximum Gasteiger partial charge on any atom is 0.307 e. The topological polar surface area (TPSA) is 79.3 Å². The number of hydrogen-bond donors (Lipinski definition) is 2. The molecule has 0 radical (unpaired) electrons. The number of allylic oxidation sites excluding steroid dienone is 2. The van der Waals surface area contributed by atoms with Crippen LogP contribution in [-0.4, -0.2) is 22.0 Å². The molecule has 124 valence electrons. The Kier molecular flexibility index (Phi) is 4.76. The number of hydrogen-bond acceptors (Lipinski definition) is 4. The Labute approximate surface area is 144 Å². The highest BCUT2D eigenvalue weighted by Gasteiger charge is 2.33. The Morgan fingerprint density at radius 2 is 1.83 bits per heavy atom. The van der Waals surface area contributed by atoms with Crippen molar-refractivity contribution in [1.29, 1.82) is 0 Å². The zero-order chi connectivity index (χ0) is 17.1. The van der Waals surface area contributed by atoms with E-state index in [1.165, 1.54) is 0 Å². The van der Waals surface area contributed by atoms with Gasteiger partial charge in [0.2, 0.25) is 5.91 Å². The van der Waals surface area contributed by atoms with Crippen molar-refractivity contribution in [1.82, 2.24) is 4.98 Å². The lowest BCUT2D eigenvalue weighted by Crippen LogP contribution is -2.34. The number of nitrogens with zero attached hydrogens (tertiary/aromatic N) is 1. The van der Waals surface area contributed by atoms with Crippen LogP contribution in [0.3, 0.4) is 0 Å². The fraction of sp³-hybridized carbons (Fsp3) is 0.278. The molecule has 2 aromatic rings. The van der Waals surface area contributed by atoms with Gasteiger partial charge in [0.25, 0.3) is 0 Å². The minimum absolute atomic E-state index is 0.246. The number of carboxylic acids is 1. The monoisotopic (exact) mass is 342 g/mol. The number of carbonyl (C=O) groups is 2. The van der Waals surface area contributed by atoms with Crippen molar-refractivity contribution >= 4 is 28.9 Å². The standard InChI is InChI=1S/C18H18N2O3S/c1-11-19-16(10-24-11)12-6-8-13(9-7-12)20-17(21)14-4-2-3-5-15(14)18(22)23/h2-3,6-10,14-15H,4-5H2,1H3,(H,20,21)(H,22,23)/t14-,15+/m0/s1. The van der Waals surface area contributed by atoms with E-state index >= 15 is 0 Å². The maximum atomic E-state index is 12.4. The van der Waals surface area contributed by atoms with Crippen molar-refractivity contribution in [3.05, 3.63) is 46.8 Å². The van der Waals surface area contributed by atoms with Crippen molar-refractivity contribution in [2.24, 2.45) is 11.8 Å². The zero-order valence-electron chi connectivity index (χ0n) is 13.2. The summed E-state index contributed by atoms with van der Waals surface area (Å²) >= 11 is 1.59. The highest BCUT2D eigenvalue weighted by atomic mass is 32.1. The Balaban J connectivity index is 1.70. The molecular formula is C18H18N2O3S. The second kappa shape index (κ2) is 6.97. The van der Waals surface area contributed by atoms with E-state index in [1.807, 2.05) is 48.7 Å². The lowest BCUT2D eigenvalue weighted by Gasteiger charge is -2.24. The van der Waals surface area contributed by atoms with Crippen molar-refractivity contribution in [3.8, 4) is 11.3 Å². The smallest absolute Gasteiger partial charge is 0.307 e. The fourth-order valence-electron chi connectivity index (χ4n) is 2.83. The van der Waals surface area contributed by atoms with Gasteiger partial charge in [-0.05, 0) is 31.9 Å². The minimum Gasteiger partial charge on any atom is -0.481 e. The fourth-order valence-corrected chi connectivity index (χ4v) is 3.45. The van der Waals surface area contributed by atoms with Gasteiger partial charge >= 0.3 is 5.97 Å². The quantitative estimate of drug-likeness (QED) is 0.830. The maximum absolute atomic E-state index is 12.4. The second-order valence-electron chi connectivity index (χ2n) is 5.81. The lowest BCUT2D eigenvalue weighted by atomic mass is 9.82. The molecule has 1 aromatic carbocycles. The van der Waals surface area contributed by atoms with Crippen LogP contribution in [-0.2, 0) is 9.59 Å². The summed E-state index contributed by atoms with van der Waals surface area (Å²) in [5, 5.41) is 15.1. The number of aromatic nitrogens is 1. The number of nitrogens with one attached hydrogen (secondary N) is 1. The molecule has 1 aliphatic rings. The van der Waals surface area contributed by atoms with E-state index in [9.17, 15) is 14.7 Å². The predicted octanol–water partition coefficient (Wildman–Crippen LogP) is 3.72. The van der Waals surface area contributed by atoms with Gasteiger partial charge in [0, 0.05) is 16.6 Å². The molecule has 1 amide bonds. The number of anilines is 1. The van der Waals surface area contributed by atoms with Crippen LogP contribution in [0, 0.1) is 18.8 Å². The molecule has 1 aliphatic carbocycles. The summed E-state index contributed by atoms with van der Waals surface area (Å²) in [5.74, 6) is -2.36. The van der Waals surface area contributed by atoms with E-state index in [-0.39, 0.29) is 5.91 Å². The number of amides is 1. The van der Waals surface area contributed by atoms with E-state index in [4.69, 9.17) is 0 Å². The number of thiazole rings is 1. The molecule has 5 nitrogen and oxygen atoms in total. The lowest BCUT2D eigenvalue weighted by molar-refractivity contribution is -0.146. The van der Waals surface area contributed by atoms with Crippen LogP contribution in [0.2, 0.25) is 0 Å². The third kappa shape index (κ3) is 3.54. The molecule has 0 aliphatic heterocycles.